The Kier molecular flexibility index (Phi) is 3.57. The van der Waals surface area contributed by atoms with Crippen LogP contribution in [-0.2, 0) is 0 Å². The SMILES string of the molecule is CN(C)c1cccc(C(=O)NC2(C)CCNC2)c1. The lowest BCUT2D eigenvalue weighted by atomic mass is 10.0. The number of benzene rings is 1. The number of carbonyl (C=O) groups is 1. The highest BCUT2D eigenvalue weighted by Gasteiger charge is 2.30. The summed E-state index contributed by atoms with van der Waals surface area (Å²) in [6, 6.07) is 7.68. The van der Waals surface area contributed by atoms with Crippen LogP contribution in [0.2, 0.25) is 0 Å². The monoisotopic (exact) mass is 247 g/mol. The Morgan fingerprint density at radius 3 is 2.83 bits per heavy atom. The lowest BCUT2D eigenvalue weighted by molar-refractivity contribution is 0.0913. The molecule has 1 unspecified atom stereocenters. The van der Waals surface area contributed by atoms with Crippen molar-refractivity contribution in [2.24, 2.45) is 0 Å². The summed E-state index contributed by atoms with van der Waals surface area (Å²) in [5.74, 6) is 0.00454. The number of anilines is 1. The van der Waals surface area contributed by atoms with Crippen molar-refractivity contribution in [1.29, 1.82) is 0 Å². The number of hydrogen-bond donors (Lipinski definition) is 2. The van der Waals surface area contributed by atoms with Gasteiger partial charge in [-0.1, -0.05) is 6.07 Å². The number of amides is 1. The van der Waals surface area contributed by atoms with Crippen LogP contribution in [0, 0.1) is 0 Å². The maximum absolute atomic E-state index is 12.2. The molecule has 0 bridgehead atoms. The second kappa shape index (κ2) is 4.98. The molecule has 2 N–H and O–H groups in total. The first-order valence-electron chi connectivity index (χ1n) is 6.31. The topological polar surface area (TPSA) is 44.4 Å². The van der Waals surface area contributed by atoms with Crippen molar-refractivity contribution in [2.45, 2.75) is 18.9 Å². The molecule has 1 heterocycles. The third kappa shape index (κ3) is 2.82. The standard InChI is InChI=1S/C14H21N3O/c1-14(7-8-15-10-14)16-13(18)11-5-4-6-12(9-11)17(2)3/h4-6,9,15H,7-8,10H2,1-3H3,(H,16,18). The molecule has 1 aliphatic rings. The van der Waals surface area contributed by atoms with Crippen LogP contribution in [0.5, 0.6) is 0 Å². The zero-order chi connectivity index (χ0) is 13.2. The minimum absolute atomic E-state index is 0.00454. The fourth-order valence-electron chi connectivity index (χ4n) is 2.20. The van der Waals surface area contributed by atoms with Crippen LogP contribution in [-0.4, -0.2) is 38.6 Å². The zero-order valence-electron chi connectivity index (χ0n) is 11.3. The number of carbonyl (C=O) groups excluding carboxylic acids is 1. The van der Waals surface area contributed by atoms with E-state index in [-0.39, 0.29) is 11.4 Å². The number of hydrogen-bond acceptors (Lipinski definition) is 3. The first kappa shape index (κ1) is 12.9. The van der Waals surface area contributed by atoms with E-state index in [4.69, 9.17) is 0 Å². The summed E-state index contributed by atoms with van der Waals surface area (Å²) in [5.41, 5.74) is 1.64. The van der Waals surface area contributed by atoms with Gasteiger partial charge in [0.15, 0.2) is 0 Å². The summed E-state index contributed by atoms with van der Waals surface area (Å²) in [6.07, 6.45) is 0.978. The van der Waals surface area contributed by atoms with E-state index in [1.807, 2.05) is 43.3 Å². The lowest BCUT2D eigenvalue weighted by Crippen LogP contribution is -2.47. The predicted molar refractivity (Wildman–Crippen MR) is 74.1 cm³/mol. The molecule has 4 nitrogen and oxygen atoms in total. The maximum Gasteiger partial charge on any atom is 0.251 e. The minimum atomic E-state index is -0.120. The van der Waals surface area contributed by atoms with Gasteiger partial charge in [0.25, 0.3) is 5.91 Å². The Bertz CT molecular complexity index is 436. The average molecular weight is 247 g/mol. The van der Waals surface area contributed by atoms with Gasteiger partial charge in [-0.3, -0.25) is 4.79 Å². The van der Waals surface area contributed by atoms with Crippen LogP contribution in [0.1, 0.15) is 23.7 Å². The van der Waals surface area contributed by atoms with Gasteiger partial charge in [-0.15, -0.1) is 0 Å². The molecule has 0 aliphatic carbocycles. The predicted octanol–water partition coefficient (Wildman–Crippen LogP) is 1.23. The fourth-order valence-corrected chi connectivity index (χ4v) is 2.20. The summed E-state index contributed by atoms with van der Waals surface area (Å²) < 4.78 is 0. The average Bonchev–Trinajstić information content (AvgIpc) is 2.76. The molecule has 0 radical (unpaired) electrons. The quantitative estimate of drug-likeness (QED) is 0.844. The number of rotatable bonds is 3. The van der Waals surface area contributed by atoms with Gasteiger partial charge in [0.1, 0.15) is 0 Å². The summed E-state index contributed by atoms with van der Waals surface area (Å²) in [7, 11) is 3.94. The van der Waals surface area contributed by atoms with Gasteiger partial charge >= 0.3 is 0 Å². The van der Waals surface area contributed by atoms with Crippen molar-refractivity contribution in [3.8, 4) is 0 Å². The molecule has 1 aromatic rings. The highest BCUT2D eigenvalue weighted by molar-refractivity contribution is 5.95. The molecule has 2 rings (SSSR count). The smallest absolute Gasteiger partial charge is 0.251 e. The van der Waals surface area contributed by atoms with Crippen LogP contribution in [0.4, 0.5) is 5.69 Å². The van der Waals surface area contributed by atoms with Gasteiger partial charge < -0.3 is 15.5 Å². The number of nitrogens with one attached hydrogen (secondary N) is 2. The Hall–Kier alpha value is -1.55. The van der Waals surface area contributed by atoms with E-state index in [0.717, 1.165) is 25.2 Å². The molecule has 1 atom stereocenters. The molecule has 1 saturated heterocycles. The summed E-state index contributed by atoms with van der Waals surface area (Å²) >= 11 is 0. The molecule has 4 heteroatoms. The summed E-state index contributed by atoms with van der Waals surface area (Å²) in [6.45, 7) is 3.89. The van der Waals surface area contributed by atoms with E-state index in [0.29, 0.717) is 5.56 Å². The minimum Gasteiger partial charge on any atom is -0.378 e. The van der Waals surface area contributed by atoms with Crippen molar-refractivity contribution >= 4 is 11.6 Å². The summed E-state index contributed by atoms with van der Waals surface area (Å²) in [4.78, 5) is 14.2. The Morgan fingerprint density at radius 1 is 1.44 bits per heavy atom. The van der Waals surface area contributed by atoms with Crippen molar-refractivity contribution in [3.05, 3.63) is 29.8 Å². The first-order chi connectivity index (χ1) is 8.50. The van der Waals surface area contributed by atoms with Crippen LogP contribution in [0.25, 0.3) is 0 Å². The van der Waals surface area contributed by atoms with Crippen LogP contribution in [0.3, 0.4) is 0 Å². The molecule has 1 aliphatic heterocycles. The lowest BCUT2D eigenvalue weighted by Gasteiger charge is -2.24. The van der Waals surface area contributed by atoms with Crippen molar-refractivity contribution in [1.82, 2.24) is 10.6 Å². The van der Waals surface area contributed by atoms with E-state index < -0.39 is 0 Å². The third-order valence-electron chi connectivity index (χ3n) is 3.41. The van der Waals surface area contributed by atoms with E-state index in [2.05, 4.69) is 17.6 Å². The molecular weight excluding hydrogens is 226 g/mol. The van der Waals surface area contributed by atoms with E-state index >= 15 is 0 Å². The molecule has 1 amide bonds. The summed E-state index contributed by atoms with van der Waals surface area (Å²) in [5, 5.41) is 6.39. The highest BCUT2D eigenvalue weighted by Crippen LogP contribution is 2.17. The van der Waals surface area contributed by atoms with Crippen LogP contribution in [0.15, 0.2) is 24.3 Å². The fraction of sp³-hybridized carbons (Fsp3) is 0.500. The molecule has 0 spiro atoms. The molecule has 1 fully saturated rings. The molecule has 18 heavy (non-hydrogen) atoms. The van der Waals surface area contributed by atoms with Crippen molar-refractivity contribution < 1.29 is 4.79 Å². The molecule has 0 saturated carbocycles. The van der Waals surface area contributed by atoms with Crippen molar-refractivity contribution in [3.63, 3.8) is 0 Å². The second-order valence-corrected chi connectivity index (χ2v) is 5.39. The number of nitrogens with zero attached hydrogens (tertiary/aromatic N) is 1. The molecule has 98 valence electrons. The zero-order valence-corrected chi connectivity index (χ0v) is 11.3. The van der Waals surface area contributed by atoms with E-state index in [1.54, 1.807) is 0 Å². The maximum atomic E-state index is 12.2. The van der Waals surface area contributed by atoms with Gasteiger partial charge in [0.05, 0.1) is 5.54 Å². The highest BCUT2D eigenvalue weighted by atomic mass is 16.1. The Labute approximate surface area is 108 Å². The third-order valence-corrected chi connectivity index (χ3v) is 3.41. The van der Waals surface area contributed by atoms with Gasteiger partial charge in [-0.2, -0.15) is 0 Å². The molecule has 0 aromatic heterocycles. The Morgan fingerprint density at radius 2 is 2.22 bits per heavy atom. The second-order valence-electron chi connectivity index (χ2n) is 5.39. The van der Waals surface area contributed by atoms with E-state index in [9.17, 15) is 4.79 Å². The van der Waals surface area contributed by atoms with Gasteiger partial charge in [0, 0.05) is 31.9 Å². The van der Waals surface area contributed by atoms with Gasteiger partial charge in [0.2, 0.25) is 0 Å². The van der Waals surface area contributed by atoms with E-state index in [1.165, 1.54) is 0 Å². The van der Waals surface area contributed by atoms with Gasteiger partial charge in [-0.25, -0.2) is 0 Å². The molecule has 1 aromatic carbocycles. The Balaban J connectivity index is 2.11. The first-order valence-corrected chi connectivity index (χ1v) is 6.31. The van der Waals surface area contributed by atoms with Gasteiger partial charge in [-0.05, 0) is 38.1 Å². The van der Waals surface area contributed by atoms with Crippen molar-refractivity contribution in [2.75, 3.05) is 32.1 Å². The molecular formula is C14H21N3O. The van der Waals surface area contributed by atoms with Crippen LogP contribution >= 0.6 is 0 Å². The normalized spacial score (nSPS) is 22.8. The largest absolute Gasteiger partial charge is 0.378 e. The van der Waals surface area contributed by atoms with Crippen LogP contribution < -0.4 is 15.5 Å².